The molecule has 0 bridgehead atoms. The number of anilines is 12. The molecule has 16 heterocycles. The fraction of sp³-hybridized carbons (Fsp3) is 0.256. The number of aryl methyl sites for hydroxylation is 4. The van der Waals surface area contributed by atoms with Crippen molar-refractivity contribution in [3.05, 3.63) is 217 Å². The SMILES string of the molecule is [2H]C(C)(C)N1c2cccnc2N(c2c(C)ccc3c2oc2ncccc23)C1C.[2H]C(C)(C)N1c2ncccc2N(c2c(C)ccc3c2oc2ncccc23)C1C.[2H]C([2H])([2H])C([2H])(C)N1c2cccnc2N(c2c(C)ccc3c2oc2ncccc23)C1C.[2H]C([2H])([2H])N1c2ncccc2N(c2c(C)ccc3c2oc2ncccc23)C1C. The molecule has 4 aliphatic rings. The van der Waals surface area contributed by atoms with E-state index in [0.29, 0.717) is 51.3 Å². The summed E-state index contributed by atoms with van der Waals surface area (Å²) in [5.74, 6) is 2.71. The van der Waals surface area contributed by atoms with Crippen molar-refractivity contribution in [2.24, 2.45) is 0 Å². The highest BCUT2D eigenvalue weighted by atomic mass is 16.4. The van der Waals surface area contributed by atoms with Gasteiger partial charge in [-0.05, 0) is 216 Å². The molecule has 16 aromatic rings. The first-order chi connectivity index (χ1) is 54.8. The third-order valence-corrected chi connectivity index (χ3v) is 20.7. The molecular weight excluding hydrogens is 1320 g/mol. The molecule has 0 radical (unpaired) electrons. The molecule has 20 rings (SSSR count). The van der Waals surface area contributed by atoms with E-state index in [1.807, 2.05) is 179 Å². The Bertz CT molecular complexity index is 6050. The number of fused-ring (bicyclic) bond motifs is 16. The minimum atomic E-state index is -2.52. The maximum absolute atomic E-state index is 8.77. The first-order valence-electron chi connectivity index (χ1n) is 40.0. The van der Waals surface area contributed by atoms with Crippen molar-refractivity contribution in [1.29, 1.82) is 0 Å². The second-order valence-electron chi connectivity index (χ2n) is 27.6. The molecule has 0 spiro atoms. The molecule has 12 aromatic heterocycles. The van der Waals surface area contributed by atoms with Gasteiger partial charge in [0.2, 0.25) is 22.9 Å². The average molecular weight is 1410 g/mol. The van der Waals surface area contributed by atoms with Gasteiger partial charge in [0, 0.05) is 126 Å². The molecule has 0 saturated heterocycles. The van der Waals surface area contributed by atoms with Gasteiger partial charge in [-0.3, -0.25) is 0 Å². The van der Waals surface area contributed by atoms with Crippen LogP contribution in [-0.2, 0) is 0 Å². The van der Waals surface area contributed by atoms with Crippen molar-refractivity contribution in [3.63, 3.8) is 0 Å². The van der Waals surface area contributed by atoms with E-state index in [2.05, 4.69) is 113 Å². The van der Waals surface area contributed by atoms with Gasteiger partial charge >= 0.3 is 0 Å². The normalized spacial score (nSPS) is 19.0. The van der Waals surface area contributed by atoms with Gasteiger partial charge in [0.05, 0.1) is 49.6 Å². The number of hydrogen-bond donors (Lipinski definition) is 0. The third-order valence-electron chi connectivity index (χ3n) is 20.7. The lowest BCUT2D eigenvalue weighted by Gasteiger charge is -2.33. The summed E-state index contributed by atoms with van der Waals surface area (Å²) in [4.78, 5) is 51.2. The molecule has 0 saturated carbocycles. The maximum atomic E-state index is 8.77. The predicted octanol–water partition coefficient (Wildman–Crippen LogP) is 20.8. The van der Waals surface area contributed by atoms with Crippen molar-refractivity contribution < 1.29 is 30.0 Å². The largest absolute Gasteiger partial charge is 0.435 e. The van der Waals surface area contributed by atoms with Gasteiger partial charge in [-0.2, -0.15) is 0 Å². The highest BCUT2D eigenvalue weighted by molar-refractivity contribution is 6.13. The summed E-state index contributed by atoms with van der Waals surface area (Å²) in [6.07, 6.45) is 12.7. The molecule has 0 aliphatic carbocycles. The Hall–Kier alpha value is -12.3. The Balaban J connectivity index is 0.000000111. The van der Waals surface area contributed by atoms with Crippen LogP contribution < -0.4 is 39.2 Å². The number of rotatable bonds is 7. The van der Waals surface area contributed by atoms with E-state index in [-0.39, 0.29) is 12.3 Å². The molecule has 5 unspecified atom stereocenters. The monoisotopic (exact) mass is 1410 g/mol. The van der Waals surface area contributed by atoms with Crippen molar-refractivity contribution in [2.45, 2.75) is 140 Å². The van der Waals surface area contributed by atoms with E-state index < -0.39 is 44.2 Å². The molecule has 20 heteroatoms. The standard InChI is InChI=1S/3C22H22N4O.C20H18N4O/c1-13(2)25-15(4)26(18-8-6-11-23-21(18)25)19-14(3)9-10-16-17-7-5-12-24-22(17)27-20(16)19;2*1-13(2)25-15(4)26(21-18(25)8-6-11-23-21)19-14(3)9-10-16-17-7-5-12-24-22(17)27-20(16)19;1-12-8-9-14-15-6-4-11-22-20(15)25-18(14)17(12)24-13(2)23(3)19-16(24)7-5-10-21-19/h3*5-13,15H,1-4H3;4-11,13H,1-3H3/i13D;1D3,13D;13D;3D3. The first kappa shape index (κ1) is 57.1. The Morgan fingerprint density at radius 3 is 0.962 bits per heavy atom. The zero-order valence-electron chi connectivity index (χ0n) is 70.1. The summed E-state index contributed by atoms with van der Waals surface area (Å²) in [5.41, 5.74) is 16.4. The lowest BCUT2D eigenvalue weighted by molar-refractivity contribution is 0.597. The van der Waals surface area contributed by atoms with Crippen LogP contribution in [0.15, 0.2) is 213 Å². The van der Waals surface area contributed by atoms with Crippen molar-refractivity contribution in [3.8, 4) is 0 Å². The van der Waals surface area contributed by atoms with Crippen molar-refractivity contribution in [1.82, 2.24) is 39.9 Å². The van der Waals surface area contributed by atoms with Crippen LogP contribution in [0.3, 0.4) is 0 Å². The van der Waals surface area contributed by atoms with E-state index in [9.17, 15) is 0 Å². The molecule has 0 amide bonds. The number of aromatic nitrogens is 8. The number of nitrogens with zero attached hydrogens (tertiary/aromatic N) is 16. The number of benzene rings is 4. The third kappa shape index (κ3) is 10.5. The highest BCUT2D eigenvalue weighted by Crippen LogP contribution is 2.53. The Morgan fingerprint density at radius 2 is 0.604 bits per heavy atom. The minimum absolute atomic E-state index is 0.0807. The quantitative estimate of drug-likeness (QED) is 0.147. The van der Waals surface area contributed by atoms with E-state index in [4.69, 9.17) is 30.0 Å². The molecule has 5 atom stereocenters. The maximum Gasteiger partial charge on any atom is 0.227 e. The molecule has 106 heavy (non-hydrogen) atoms. The number of hydrogen-bond acceptors (Lipinski definition) is 20. The summed E-state index contributed by atoms with van der Waals surface area (Å²) < 4.78 is 98.8. The van der Waals surface area contributed by atoms with Crippen LogP contribution in [0, 0.1) is 27.7 Å². The predicted molar refractivity (Wildman–Crippen MR) is 430 cm³/mol. The average Bonchev–Trinajstić information content (AvgIpc) is 1.58. The summed E-state index contributed by atoms with van der Waals surface area (Å²) in [5, 5.41) is 7.83. The van der Waals surface area contributed by atoms with Gasteiger partial charge in [0.15, 0.2) is 45.6 Å². The van der Waals surface area contributed by atoms with Gasteiger partial charge in [-0.25, -0.2) is 39.9 Å². The Labute approximate surface area is 627 Å². The zero-order valence-corrected chi connectivity index (χ0v) is 61.1. The molecule has 0 N–H and O–H groups in total. The summed E-state index contributed by atoms with van der Waals surface area (Å²) in [6.45, 7) is 20.3. The summed E-state index contributed by atoms with van der Waals surface area (Å²) in [7, 11) is 0. The van der Waals surface area contributed by atoms with Gasteiger partial charge in [-0.1, -0.05) is 48.5 Å². The smallest absolute Gasteiger partial charge is 0.227 e. The van der Waals surface area contributed by atoms with Crippen LogP contribution in [0.5, 0.6) is 0 Å². The van der Waals surface area contributed by atoms with Crippen LogP contribution in [0.1, 0.15) is 104 Å². The second kappa shape index (κ2) is 26.1. The van der Waals surface area contributed by atoms with Gasteiger partial charge < -0.3 is 56.9 Å². The van der Waals surface area contributed by atoms with Crippen LogP contribution in [0.4, 0.5) is 68.8 Å². The van der Waals surface area contributed by atoms with E-state index >= 15 is 0 Å². The van der Waals surface area contributed by atoms with Crippen molar-refractivity contribution >= 4 is 157 Å². The number of pyridine rings is 8. The van der Waals surface area contributed by atoms with Gasteiger partial charge in [-0.15, -0.1) is 0 Å². The molecule has 532 valence electrons. The lowest BCUT2D eigenvalue weighted by atomic mass is 10.1. The summed E-state index contributed by atoms with van der Waals surface area (Å²) in [6, 6.07) is 43.9. The van der Waals surface area contributed by atoms with Gasteiger partial charge in [0.1, 0.15) is 24.7 Å². The lowest BCUT2D eigenvalue weighted by Crippen LogP contribution is -2.42. The van der Waals surface area contributed by atoms with Crippen LogP contribution >= 0.6 is 0 Å². The fourth-order valence-electron chi connectivity index (χ4n) is 16.1. The molecule has 4 aromatic carbocycles. The van der Waals surface area contributed by atoms with Crippen molar-refractivity contribution in [2.75, 3.05) is 46.2 Å². The van der Waals surface area contributed by atoms with Crippen LogP contribution in [0.2, 0.25) is 0 Å². The minimum Gasteiger partial charge on any atom is -0.435 e. The van der Waals surface area contributed by atoms with E-state index in [0.717, 1.165) is 128 Å². The highest BCUT2D eigenvalue weighted by Gasteiger charge is 2.42. The first-order valence-corrected chi connectivity index (χ1v) is 35.5. The van der Waals surface area contributed by atoms with Gasteiger partial charge in [0.25, 0.3) is 0 Å². The number of furan rings is 4. The Kier molecular flexibility index (Phi) is 14.1. The molecular formula is C86H84N16O4. The molecule has 4 aliphatic heterocycles. The zero-order chi connectivity index (χ0) is 81.0. The van der Waals surface area contributed by atoms with Crippen LogP contribution in [0.25, 0.3) is 88.3 Å². The summed E-state index contributed by atoms with van der Waals surface area (Å²) >= 11 is 0. The Morgan fingerprint density at radius 1 is 0.311 bits per heavy atom. The van der Waals surface area contributed by atoms with E-state index in [1.165, 1.54) is 11.8 Å². The molecule has 20 nitrogen and oxygen atoms in total. The van der Waals surface area contributed by atoms with Crippen LogP contribution in [-0.4, -0.2) is 89.6 Å². The fourth-order valence-corrected chi connectivity index (χ4v) is 16.1. The molecule has 0 fully saturated rings. The second-order valence-corrected chi connectivity index (χ2v) is 27.6. The van der Waals surface area contributed by atoms with E-state index in [1.54, 1.807) is 60.5 Å². The topological polar surface area (TPSA) is 182 Å².